The average Bonchev–Trinajstić information content (AvgIpc) is 3.73. The summed E-state index contributed by atoms with van der Waals surface area (Å²) in [7, 11) is 1.58. The van der Waals surface area contributed by atoms with Crippen molar-refractivity contribution in [1.29, 1.82) is 0 Å². The zero-order valence-corrected chi connectivity index (χ0v) is 21.7. The molecule has 39 heavy (non-hydrogen) atoms. The number of fused-ring (bicyclic) bond motifs is 2. The van der Waals surface area contributed by atoms with Crippen molar-refractivity contribution in [3.8, 4) is 34.1 Å². The van der Waals surface area contributed by atoms with Crippen LogP contribution in [0.4, 0.5) is 4.39 Å². The molecule has 8 nitrogen and oxygen atoms in total. The number of hydrogen-bond acceptors (Lipinski definition) is 6. The Morgan fingerprint density at radius 3 is 2.92 bits per heavy atom. The summed E-state index contributed by atoms with van der Waals surface area (Å²) in [4.78, 5) is 7.17. The van der Waals surface area contributed by atoms with Crippen molar-refractivity contribution in [3.05, 3.63) is 77.4 Å². The Kier molecular flexibility index (Phi) is 6.00. The van der Waals surface area contributed by atoms with Crippen molar-refractivity contribution in [2.45, 2.75) is 31.7 Å². The van der Waals surface area contributed by atoms with E-state index in [1.54, 1.807) is 13.2 Å². The number of ether oxygens (including phenoxy) is 2. The first-order valence-corrected chi connectivity index (χ1v) is 13.4. The van der Waals surface area contributed by atoms with Gasteiger partial charge in [0.1, 0.15) is 23.1 Å². The number of aromatic nitrogens is 5. The fourth-order valence-electron chi connectivity index (χ4n) is 5.82. The number of nitrogens with one attached hydrogen (secondary N) is 2. The summed E-state index contributed by atoms with van der Waals surface area (Å²) in [6.07, 6.45) is 2.93. The fourth-order valence-corrected chi connectivity index (χ4v) is 5.82. The summed E-state index contributed by atoms with van der Waals surface area (Å²) >= 11 is 0. The van der Waals surface area contributed by atoms with Gasteiger partial charge in [0.05, 0.1) is 24.9 Å². The standard InChI is InChI=1S/C30H29FN6O2/c1-38-27-6-2-5-24(31)23(27)17-37-12-3-4-21(16-37)30-32-29(35-36-30)20-7-9-25-22(15-20)28(34-33-25)19-8-10-26-18(14-19)11-13-39-26/h2,5-10,14-15,21H,3-4,11-13,16-17H2,1H3,(H,33,34)(H,32,35,36)/t21-/m1/s1. The van der Waals surface area contributed by atoms with E-state index >= 15 is 0 Å². The molecule has 7 rings (SSSR count). The van der Waals surface area contributed by atoms with Crippen molar-refractivity contribution in [2.75, 3.05) is 26.8 Å². The van der Waals surface area contributed by atoms with E-state index in [9.17, 15) is 4.39 Å². The molecule has 1 fully saturated rings. The van der Waals surface area contributed by atoms with Crippen LogP contribution < -0.4 is 9.47 Å². The monoisotopic (exact) mass is 524 g/mol. The molecular weight excluding hydrogens is 495 g/mol. The number of rotatable bonds is 6. The van der Waals surface area contributed by atoms with Gasteiger partial charge >= 0.3 is 0 Å². The minimum atomic E-state index is -0.236. The van der Waals surface area contributed by atoms with Crippen LogP contribution in [0.2, 0.25) is 0 Å². The molecule has 0 saturated carbocycles. The Morgan fingerprint density at radius 2 is 2.00 bits per heavy atom. The highest BCUT2D eigenvalue weighted by molar-refractivity contribution is 5.95. The van der Waals surface area contributed by atoms with E-state index in [4.69, 9.17) is 14.5 Å². The second-order valence-corrected chi connectivity index (χ2v) is 10.3. The maximum absolute atomic E-state index is 14.5. The summed E-state index contributed by atoms with van der Waals surface area (Å²) in [5.41, 5.74) is 5.68. The average molecular weight is 525 g/mol. The van der Waals surface area contributed by atoms with Crippen LogP contribution in [0, 0.1) is 5.82 Å². The number of nitrogens with zero attached hydrogens (tertiary/aromatic N) is 4. The molecule has 0 amide bonds. The number of methoxy groups -OCH3 is 1. The van der Waals surface area contributed by atoms with Crippen molar-refractivity contribution < 1.29 is 13.9 Å². The maximum Gasteiger partial charge on any atom is 0.181 e. The minimum absolute atomic E-state index is 0.194. The highest BCUT2D eigenvalue weighted by Crippen LogP contribution is 2.35. The Morgan fingerprint density at radius 1 is 1.08 bits per heavy atom. The predicted octanol–water partition coefficient (Wildman–Crippen LogP) is 5.48. The second kappa shape index (κ2) is 9.81. The third-order valence-electron chi connectivity index (χ3n) is 7.86. The highest BCUT2D eigenvalue weighted by atomic mass is 19.1. The molecule has 198 valence electrons. The normalized spacial score (nSPS) is 17.3. The lowest BCUT2D eigenvalue weighted by Crippen LogP contribution is -2.34. The number of piperidine rings is 1. The smallest absolute Gasteiger partial charge is 0.181 e. The number of benzene rings is 3. The van der Waals surface area contributed by atoms with Gasteiger partial charge in [-0.3, -0.25) is 15.1 Å². The SMILES string of the molecule is COc1cccc(F)c1CN1CCC[C@@H](c2nc(-c3ccc4[nH]nc(-c5ccc6c(c5)CCO6)c4c3)n[nH]2)C1. The van der Waals surface area contributed by atoms with Crippen LogP contribution in [0.15, 0.2) is 54.6 Å². The van der Waals surface area contributed by atoms with Gasteiger partial charge in [-0.15, -0.1) is 0 Å². The molecule has 3 aromatic carbocycles. The lowest BCUT2D eigenvalue weighted by atomic mass is 9.96. The van der Waals surface area contributed by atoms with Crippen LogP contribution in [0.3, 0.4) is 0 Å². The van der Waals surface area contributed by atoms with Crippen molar-refractivity contribution in [3.63, 3.8) is 0 Å². The zero-order chi connectivity index (χ0) is 26.3. The second-order valence-electron chi connectivity index (χ2n) is 10.3. The van der Waals surface area contributed by atoms with Gasteiger partial charge in [-0.25, -0.2) is 9.37 Å². The van der Waals surface area contributed by atoms with Gasteiger partial charge < -0.3 is 9.47 Å². The van der Waals surface area contributed by atoms with E-state index in [0.29, 0.717) is 23.7 Å². The Labute approximate surface area is 225 Å². The number of aromatic amines is 2. The van der Waals surface area contributed by atoms with E-state index in [0.717, 1.165) is 78.3 Å². The molecule has 0 unspecified atom stereocenters. The molecule has 0 spiro atoms. The largest absolute Gasteiger partial charge is 0.496 e. The molecule has 2 aromatic heterocycles. The lowest BCUT2D eigenvalue weighted by Gasteiger charge is -2.32. The third kappa shape index (κ3) is 4.42. The van der Waals surface area contributed by atoms with Crippen LogP contribution in [0.25, 0.3) is 33.5 Å². The maximum atomic E-state index is 14.5. The first kappa shape index (κ1) is 23.8. The van der Waals surface area contributed by atoms with Crippen molar-refractivity contribution in [1.82, 2.24) is 30.3 Å². The Balaban J connectivity index is 1.13. The van der Waals surface area contributed by atoms with Gasteiger partial charge in [-0.1, -0.05) is 6.07 Å². The molecule has 0 bridgehead atoms. The Hall–Kier alpha value is -4.24. The summed E-state index contributed by atoms with van der Waals surface area (Å²) in [5.74, 6) is 3.03. The van der Waals surface area contributed by atoms with Gasteiger partial charge in [-0.2, -0.15) is 10.2 Å². The van der Waals surface area contributed by atoms with Crippen molar-refractivity contribution >= 4 is 10.9 Å². The summed E-state index contributed by atoms with van der Waals surface area (Å²) in [5, 5.41) is 16.6. The van der Waals surface area contributed by atoms with E-state index in [2.05, 4.69) is 43.5 Å². The zero-order valence-electron chi connectivity index (χ0n) is 21.7. The van der Waals surface area contributed by atoms with Crippen LogP contribution in [0.5, 0.6) is 11.5 Å². The molecule has 1 atom stereocenters. The number of likely N-dealkylation sites (tertiary alicyclic amines) is 1. The van der Waals surface area contributed by atoms with Crippen LogP contribution in [-0.2, 0) is 13.0 Å². The van der Waals surface area contributed by atoms with Gasteiger partial charge in [0.25, 0.3) is 0 Å². The number of hydrogen-bond donors (Lipinski definition) is 2. The van der Waals surface area contributed by atoms with Gasteiger partial charge in [-0.05, 0) is 73.5 Å². The molecule has 4 heterocycles. The van der Waals surface area contributed by atoms with Crippen molar-refractivity contribution in [2.24, 2.45) is 0 Å². The minimum Gasteiger partial charge on any atom is -0.496 e. The summed E-state index contributed by atoms with van der Waals surface area (Å²) in [6.45, 7) is 2.92. The number of halogens is 1. The fraction of sp³-hybridized carbons (Fsp3) is 0.300. The first-order valence-electron chi connectivity index (χ1n) is 13.4. The molecule has 9 heteroatoms. The molecular formula is C30H29FN6O2. The summed E-state index contributed by atoms with van der Waals surface area (Å²) in [6, 6.07) is 17.4. The van der Waals surface area contributed by atoms with Crippen LogP contribution in [-0.4, -0.2) is 57.1 Å². The molecule has 5 aromatic rings. The molecule has 0 radical (unpaired) electrons. The molecule has 2 aliphatic heterocycles. The Bertz CT molecular complexity index is 1660. The van der Waals surface area contributed by atoms with Gasteiger partial charge in [0.2, 0.25) is 0 Å². The topological polar surface area (TPSA) is 91.9 Å². The first-order chi connectivity index (χ1) is 19.2. The molecule has 2 N–H and O–H groups in total. The van der Waals surface area contributed by atoms with E-state index in [1.807, 2.05) is 24.3 Å². The predicted molar refractivity (Wildman–Crippen MR) is 146 cm³/mol. The molecule has 1 saturated heterocycles. The third-order valence-corrected chi connectivity index (χ3v) is 7.86. The quantitative estimate of drug-likeness (QED) is 0.306. The van der Waals surface area contributed by atoms with E-state index in [1.165, 1.54) is 11.6 Å². The van der Waals surface area contributed by atoms with Gasteiger partial charge in [0.15, 0.2) is 5.82 Å². The van der Waals surface area contributed by atoms with Crippen LogP contribution in [0.1, 0.15) is 35.7 Å². The van der Waals surface area contributed by atoms with Gasteiger partial charge in [0, 0.05) is 47.5 Å². The summed E-state index contributed by atoms with van der Waals surface area (Å²) < 4.78 is 25.6. The molecule has 2 aliphatic rings. The highest BCUT2D eigenvalue weighted by Gasteiger charge is 2.26. The van der Waals surface area contributed by atoms with E-state index in [-0.39, 0.29) is 11.7 Å². The van der Waals surface area contributed by atoms with Crippen LogP contribution >= 0.6 is 0 Å². The van der Waals surface area contributed by atoms with E-state index < -0.39 is 0 Å². The lowest BCUT2D eigenvalue weighted by molar-refractivity contribution is 0.192. The number of H-pyrrole nitrogens is 2. The molecule has 0 aliphatic carbocycles.